The van der Waals surface area contributed by atoms with Gasteiger partial charge in [-0.15, -0.1) is 0 Å². The van der Waals surface area contributed by atoms with Crippen molar-refractivity contribution in [3.8, 4) is 0 Å². The third kappa shape index (κ3) is 1.95. The number of hydrogen-bond donors (Lipinski definition) is 1. The summed E-state index contributed by atoms with van der Waals surface area (Å²) in [4.78, 5) is 0. The molecule has 3 heteroatoms. The van der Waals surface area contributed by atoms with Gasteiger partial charge >= 0.3 is 0 Å². The van der Waals surface area contributed by atoms with Gasteiger partial charge in [-0.2, -0.15) is 5.10 Å². The standard InChI is InChI=1S/C13H19N3/c1-10(8-14-3)11(2)16-13-7-5-4-6-12(13)9-15-16/h4-7,9-11,14H,8H2,1-3H3. The maximum Gasteiger partial charge on any atom is 0.0685 e. The number of fused-ring (bicyclic) bond motifs is 1. The average molecular weight is 217 g/mol. The van der Waals surface area contributed by atoms with Crippen molar-refractivity contribution in [2.75, 3.05) is 13.6 Å². The van der Waals surface area contributed by atoms with E-state index >= 15 is 0 Å². The van der Waals surface area contributed by atoms with Gasteiger partial charge in [-0.05, 0) is 32.5 Å². The van der Waals surface area contributed by atoms with Gasteiger partial charge in [-0.3, -0.25) is 4.68 Å². The average Bonchev–Trinajstić information content (AvgIpc) is 2.72. The lowest BCUT2D eigenvalue weighted by Gasteiger charge is -2.20. The number of rotatable bonds is 4. The van der Waals surface area contributed by atoms with Crippen molar-refractivity contribution >= 4 is 10.9 Å². The Bertz CT molecular complexity index is 461. The van der Waals surface area contributed by atoms with Crippen LogP contribution in [0.5, 0.6) is 0 Å². The Kier molecular flexibility index (Phi) is 3.25. The summed E-state index contributed by atoms with van der Waals surface area (Å²) in [5.74, 6) is 0.563. The van der Waals surface area contributed by atoms with Crippen molar-refractivity contribution in [3.05, 3.63) is 30.5 Å². The van der Waals surface area contributed by atoms with Gasteiger partial charge in [0.25, 0.3) is 0 Å². The van der Waals surface area contributed by atoms with E-state index in [1.165, 1.54) is 10.9 Å². The fourth-order valence-corrected chi connectivity index (χ4v) is 2.05. The van der Waals surface area contributed by atoms with E-state index in [2.05, 4.69) is 53.2 Å². The van der Waals surface area contributed by atoms with Crippen molar-refractivity contribution in [1.29, 1.82) is 0 Å². The van der Waals surface area contributed by atoms with Gasteiger partial charge in [0.2, 0.25) is 0 Å². The third-order valence-electron chi connectivity index (χ3n) is 3.24. The van der Waals surface area contributed by atoms with Crippen LogP contribution in [0.4, 0.5) is 0 Å². The van der Waals surface area contributed by atoms with Crippen LogP contribution >= 0.6 is 0 Å². The van der Waals surface area contributed by atoms with Crippen LogP contribution in [0.3, 0.4) is 0 Å². The highest BCUT2D eigenvalue weighted by molar-refractivity contribution is 5.78. The molecule has 2 unspecified atom stereocenters. The molecule has 1 heterocycles. The van der Waals surface area contributed by atoms with E-state index in [9.17, 15) is 0 Å². The lowest BCUT2D eigenvalue weighted by Crippen LogP contribution is -2.24. The van der Waals surface area contributed by atoms with E-state index < -0.39 is 0 Å². The Labute approximate surface area is 96.5 Å². The largest absolute Gasteiger partial charge is 0.319 e. The molecule has 0 saturated heterocycles. The number of para-hydroxylation sites is 1. The second kappa shape index (κ2) is 4.66. The molecule has 0 fully saturated rings. The molecule has 1 N–H and O–H groups in total. The zero-order valence-electron chi connectivity index (χ0n) is 10.1. The predicted molar refractivity (Wildman–Crippen MR) is 67.5 cm³/mol. The first kappa shape index (κ1) is 11.1. The van der Waals surface area contributed by atoms with E-state index in [1.807, 2.05) is 13.2 Å². The predicted octanol–water partition coefficient (Wildman–Crippen LogP) is 2.45. The van der Waals surface area contributed by atoms with Crippen LogP contribution in [0, 0.1) is 5.92 Å². The maximum absolute atomic E-state index is 4.49. The Morgan fingerprint density at radius 2 is 2.06 bits per heavy atom. The van der Waals surface area contributed by atoms with Crippen molar-refractivity contribution in [1.82, 2.24) is 15.1 Å². The summed E-state index contributed by atoms with van der Waals surface area (Å²) in [6.07, 6.45) is 1.94. The smallest absolute Gasteiger partial charge is 0.0685 e. The second-order valence-electron chi connectivity index (χ2n) is 4.42. The molecule has 0 aliphatic heterocycles. The molecule has 0 amide bonds. The summed E-state index contributed by atoms with van der Waals surface area (Å²) in [6.45, 7) is 5.48. The SMILES string of the molecule is CNCC(C)C(C)n1ncc2ccccc21. The van der Waals surface area contributed by atoms with Gasteiger partial charge in [0.1, 0.15) is 0 Å². The van der Waals surface area contributed by atoms with Crippen molar-refractivity contribution in [3.63, 3.8) is 0 Å². The fourth-order valence-electron chi connectivity index (χ4n) is 2.05. The minimum Gasteiger partial charge on any atom is -0.319 e. The van der Waals surface area contributed by atoms with E-state index in [0.717, 1.165) is 6.54 Å². The number of aromatic nitrogens is 2. The van der Waals surface area contributed by atoms with Gasteiger partial charge in [0.05, 0.1) is 17.8 Å². The molecular formula is C13H19N3. The molecule has 0 saturated carbocycles. The minimum atomic E-state index is 0.410. The number of nitrogens with one attached hydrogen (secondary N) is 1. The molecule has 0 spiro atoms. The summed E-state index contributed by atoms with van der Waals surface area (Å²) < 4.78 is 2.12. The molecule has 2 aromatic rings. The van der Waals surface area contributed by atoms with Crippen LogP contribution in [-0.4, -0.2) is 23.4 Å². The first-order chi connectivity index (χ1) is 7.74. The lowest BCUT2D eigenvalue weighted by atomic mass is 10.0. The van der Waals surface area contributed by atoms with E-state index in [0.29, 0.717) is 12.0 Å². The highest BCUT2D eigenvalue weighted by Crippen LogP contribution is 2.22. The van der Waals surface area contributed by atoms with Crippen LogP contribution in [0.1, 0.15) is 19.9 Å². The van der Waals surface area contributed by atoms with Crippen molar-refractivity contribution < 1.29 is 0 Å². The van der Waals surface area contributed by atoms with Crippen LogP contribution in [-0.2, 0) is 0 Å². The maximum atomic E-state index is 4.49. The second-order valence-corrected chi connectivity index (χ2v) is 4.42. The van der Waals surface area contributed by atoms with Gasteiger partial charge in [0.15, 0.2) is 0 Å². The Morgan fingerprint density at radius 1 is 1.31 bits per heavy atom. The fraction of sp³-hybridized carbons (Fsp3) is 0.462. The van der Waals surface area contributed by atoms with Crippen LogP contribution in [0.15, 0.2) is 30.5 Å². The highest BCUT2D eigenvalue weighted by Gasteiger charge is 2.15. The Hall–Kier alpha value is -1.35. The molecule has 0 aliphatic carbocycles. The number of benzene rings is 1. The third-order valence-corrected chi connectivity index (χ3v) is 3.24. The monoisotopic (exact) mass is 217 g/mol. The summed E-state index contributed by atoms with van der Waals surface area (Å²) in [5, 5.41) is 8.92. The van der Waals surface area contributed by atoms with Crippen molar-refractivity contribution in [2.24, 2.45) is 5.92 Å². The Balaban J connectivity index is 2.32. The van der Waals surface area contributed by atoms with E-state index in [-0.39, 0.29) is 0 Å². The minimum absolute atomic E-state index is 0.410. The molecule has 3 nitrogen and oxygen atoms in total. The summed E-state index contributed by atoms with van der Waals surface area (Å²) in [5.41, 5.74) is 1.22. The molecule has 0 bridgehead atoms. The van der Waals surface area contributed by atoms with Gasteiger partial charge in [-0.1, -0.05) is 25.1 Å². The molecule has 1 aromatic carbocycles. The zero-order chi connectivity index (χ0) is 11.5. The first-order valence-electron chi connectivity index (χ1n) is 5.81. The molecule has 0 radical (unpaired) electrons. The molecule has 2 rings (SSSR count). The molecule has 0 aliphatic rings. The molecular weight excluding hydrogens is 198 g/mol. The quantitative estimate of drug-likeness (QED) is 0.852. The summed E-state index contributed by atoms with van der Waals surface area (Å²) >= 11 is 0. The van der Waals surface area contributed by atoms with Crippen LogP contribution in [0.25, 0.3) is 10.9 Å². The molecule has 16 heavy (non-hydrogen) atoms. The summed E-state index contributed by atoms with van der Waals surface area (Å²) in [7, 11) is 1.99. The number of nitrogens with zero attached hydrogens (tertiary/aromatic N) is 2. The van der Waals surface area contributed by atoms with Gasteiger partial charge in [-0.25, -0.2) is 0 Å². The van der Waals surface area contributed by atoms with Gasteiger partial charge in [0, 0.05) is 5.39 Å². The lowest BCUT2D eigenvalue weighted by molar-refractivity contribution is 0.352. The highest BCUT2D eigenvalue weighted by atomic mass is 15.3. The molecule has 1 aromatic heterocycles. The summed E-state index contributed by atoms with van der Waals surface area (Å²) in [6, 6.07) is 8.76. The molecule has 2 atom stereocenters. The topological polar surface area (TPSA) is 29.9 Å². The van der Waals surface area contributed by atoms with Crippen molar-refractivity contribution in [2.45, 2.75) is 19.9 Å². The first-order valence-corrected chi connectivity index (χ1v) is 5.81. The normalized spacial score (nSPS) is 15.2. The van der Waals surface area contributed by atoms with E-state index in [4.69, 9.17) is 0 Å². The van der Waals surface area contributed by atoms with Gasteiger partial charge < -0.3 is 5.32 Å². The number of hydrogen-bond acceptors (Lipinski definition) is 2. The zero-order valence-corrected chi connectivity index (χ0v) is 10.1. The van der Waals surface area contributed by atoms with Crippen LogP contribution in [0.2, 0.25) is 0 Å². The Morgan fingerprint density at radius 3 is 2.81 bits per heavy atom. The van der Waals surface area contributed by atoms with E-state index in [1.54, 1.807) is 0 Å². The van der Waals surface area contributed by atoms with Crippen LogP contribution < -0.4 is 5.32 Å². The molecule has 86 valence electrons.